The van der Waals surface area contributed by atoms with E-state index in [1.54, 1.807) is 24.3 Å². The zero-order valence-electron chi connectivity index (χ0n) is 14.8. The molecule has 0 bridgehead atoms. The van der Waals surface area contributed by atoms with Crippen molar-refractivity contribution in [3.63, 3.8) is 0 Å². The van der Waals surface area contributed by atoms with Gasteiger partial charge in [-0.05, 0) is 44.7 Å². The molecule has 0 spiro atoms. The summed E-state index contributed by atoms with van der Waals surface area (Å²) in [5, 5.41) is 3.34. The number of fused-ring (bicyclic) bond motifs is 1. The maximum atomic E-state index is 12.3. The van der Waals surface area contributed by atoms with Crippen molar-refractivity contribution in [1.29, 1.82) is 0 Å². The van der Waals surface area contributed by atoms with E-state index in [2.05, 4.69) is 22.1 Å². The molecule has 3 rings (SSSR count). The van der Waals surface area contributed by atoms with Gasteiger partial charge < -0.3 is 10.2 Å². The summed E-state index contributed by atoms with van der Waals surface area (Å²) in [6.45, 7) is 6.25. The second kappa shape index (κ2) is 8.14. The molecule has 0 unspecified atom stereocenters. The second-order valence-corrected chi connectivity index (χ2v) is 6.44. The van der Waals surface area contributed by atoms with Crippen LogP contribution in [0.2, 0.25) is 0 Å². The minimum absolute atomic E-state index is 0.172. The molecule has 0 aliphatic carbocycles. The van der Waals surface area contributed by atoms with Crippen molar-refractivity contribution in [3.8, 4) is 0 Å². The highest BCUT2D eigenvalue weighted by atomic mass is 16.2. The van der Waals surface area contributed by atoms with Crippen LogP contribution in [-0.4, -0.2) is 60.3 Å². The van der Waals surface area contributed by atoms with Crippen LogP contribution in [0.15, 0.2) is 29.3 Å². The van der Waals surface area contributed by atoms with E-state index in [-0.39, 0.29) is 11.8 Å². The van der Waals surface area contributed by atoms with Crippen molar-refractivity contribution in [3.05, 3.63) is 35.4 Å². The van der Waals surface area contributed by atoms with Crippen LogP contribution in [0, 0.1) is 0 Å². The first-order valence-corrected chi connectivity index (χ1v) is 9.21. The molecule has 1 aromatic rings. The summed E-state index contributed by atoms with van der Waals surface area (Å²) in [6.07, 6.45) is 4.08. The normalized spacial score (nSPS) is 17.4. The molecular formula is C19H26N4O2. The van der Waals surface area contributed by atoms with Gasteiger partial charge >= 0.3 is 0 Å². The Hall–Kier alpha value is -2.37. The Labute approximate surface area is 148 Å². The molecular weight excluding hydrogens is 316 g/mol. The van der Waals surface area contributed by atoms with E-state index < -0.39 is 0 Å². The number of unbranched alkanes of at least 4 members (excludes halogenated alkanes) is 1. The summed E-state index contributed by atoms with van der Waals surface area (Å²) in [5.74, 6) is 0.643. The summed E-state index contributed by atoms with van der Waals surface area (Å²) in [4.78, 5) is 32.9. The molecule has 0 atom stereocenters. The molecule has 25 heavy (non-hydrogen) atoms. The number of nitrogens with zero attached hydrogens (tertiary/aromatic N) is 3. The van der Waals surface area contributed by atoms with Crippen LogP contribution in [0.1, 0.15) is 53.3 Å². The first kappa shape index (κ1) is 17.5. The Morgan fingerprint density at radius 2 is 1.72 bits per heavy atom. The number of aliphatic imine (C=N–C) groups is 1. The fourth-order valence-electron chi connectivity index (χ4n) is 3.36. The zero-order chi connectivity index (χ0) is 17.6. The molecule has 6 nitrogen and oxygen atoms in total. The fraction of sp³-hybridized carbons (Fsp3) is 0.526. The van der Waals surface area contributed by atoms with Crippen LogP contribution in [-0.2, 0) is 0 Å². The van der Waals surface area contributed by atoms with Crippen molar-refractivity contribution in [2.45, 2.75) is 32.6 Å². The van der Waals surface area contributed by atoms with Crippen molar-refractivity contribution in [2.75, 3.05) is 32.7 Å². The number of benzene rings is 1. The van der Waals surface area contributed by atoms with E-state index >= 15 is 0 Å². The number of amides is 2. The summed E-state index contributed by atoms with van der Waals surface area (Å²) in [5.41, 5.74) is 1.04. The Morgan fingerprint density at radius 1 is 1.08 bits per heavy atom. The molecule has 1 fully saturated rings. The van der Waals surface area contributed by atoms with Gasteiger partial charge in [0.05, 0.1) is 11.1 Å². The molecule has 0 saturated carbocycles. The molecule has 1 N–H and O–H groups in total. The lowest BCUT2D eigenvalue weighted by atomic mass is 10.1. The van der Waals surface area contributed by atoms with E-state index in [1.165, 1.54) is 17.7 Å². The number of nitrogens with one attached hydrogen (secondary N) is 1. The van der Waals surface area contributed by atoms with Crippen LogP contribution in [0.3, 0.4) is 0 Å². The Balaban J connectivity index is 1.48. The van der Waals surface area contributed by atoms with Gasteiger partial charge in [-0.2, -0.15) is 0 Å². The number of imide groups is 1. The number of guanidine groups is 1. The van der Waals surface area contributed by atoms with Crippen molar-refractivity contribution >= 4 is 17.8 Å². The van der Waals surface area contributed by atoms with Gasteiger partial charge in [-0.3, -0.25) is 19.5 Å². The Kier molecular flexibility index (Phi) is 5.68. The standard InChI is InChI=1S/C19H26N4O2/c1-2-20-19(22-12-7-8-13-22)21-11-5-6-14-23-17(24)15-9-3-4-10-16(15)18(23)25/h3-4,9-10H,2,5-8,11-14H2,1H3,(H,20,21). The van der Waals surface area contributed by atoms with Crippen molar-refractivity contribution in [1.82, 2.24) is 15.1 Å². The van der Waals surface area contributed by atoms with Crippen LogP contribution < -0.4 is 5.32 Å². The third-order valence-electron chi connectivity index (χ3n) is 4.67. The number of hydrogen-bond donors (Lipinski definition) is 1. The van der Waals surface area contributed by atoms with E-state index in [9.17, 15) is 9.59 Å². The monoisotopic (exact) mass is 342 g/mol. The summed E-state index contributed by atoms with van der Waals surface area (Å²) in [7, 11) is 0. The minimum atomic E-state index is -0.172. The lowest BCUT2D eigenvalue weighted by Gasteiger charge is -2.20. The number of rotatable bonds is 6. The predicted octanol–water partition coefficient (Wildman–Crippen LogP) is 2.12. The van der Waals surface area contributed by atoms with Gasteiger partial charge in [0.1, 0.15) is 0 Å². The molecule has 1 aromatic carbocycles. The lowest BCUT2D eigenvalue weighted by molar-refractivity contribution is 0.0652. The van der Waals surface area contributed by atoms with Gasteiger partial charge in [0.2, 0.25) is 0 Å². The highest BCUT2D eigenvalue weighted by Crippen LogP contribution is 2.22. The van der Waals surface area contributed by atoms with Gasteiger partial charge in [-0.25, -0.2) is 0 Å². The third kappa shape index (κ3) is 3.83. The SMILES string of the molecule is CCNC(=NCCCCN1C(=O)c2ccccc2C1=O)N1CCCC1. The average Bonchev–Trinajstić information content (AvgIpc) is 3.24. The van der Waals surface area contributed by atoms with Crippen LogP contribution in [0.25, 0.3) is 0 Å². The zero-order valence-corrected chi connectivity index (χ0v) is 14.8. The van der Waals surface area contributed by atoms with Crippen molar-refractivity contribution in [2.24, 2.45) is 4.99 Å². The summed E-state index contributed by atoms with van der Waals surface area (Å²) in [6, 6.07) is 7.03. The molecule has 134 valence electrons. The molecule has 2 aliphatic rings. The minimum Gasteiger partial charge on any atom is -0.357 e. The number of likely N-dealkylation sites (tertiary alicyclic amines) is 1. The molecule has 2 heterocycles. The molecule has 6 heteroatoms. The first-order chi connectivity index (χ1) is 12.2. The molecule has 0 aromatic heterocycles. The second-order valence-electron chi connectivity index (χ2n) is 6.44. The Bertz CT molecular complexity index is 630. The highest BCUT2D eigenvalue weighted by molar-refractivity contribution is 6.21. The molecule has 2 aliphatic heterocycles. The van der Waals surface area contributed by atoms with Gasteiger partial charge in [-0.15, -0.1) is 0 Å². The van der Waals surface area contributed by atoms with E-state index in [1.807, 2.05) is 0 Å². The maximum absolute atomic E-state index is 12.3. The van der Waals surface area contributed by atoms with Crippen LogP contribution in [0.5, 0.6) is 0 Å². The number of hydrogen-bond acceptors (Lipinski definition) is 3. The Morgan fingerprint density at radius 3 is 2.32 bits per heavy atom. The number of carbonyl (C=O) groups is 2. The predicted molar refractivity (Wildman–Crippen MR) is 97.8 cm³/mol. The molecule has 2 amide bonds. The third-order valence-corrected chi connectivity index (χ3v) is 4.67. The smallest absolute Gasteiger partial charge is 0.261 e. The van der Waals surface area contributed by atoms with Gasteiger partial charge in [-0.1, -0.05) is 12.1 Å². The lowest BCUT2D eigenvalue weighted by Crippen LogP contribution is -2.39. The van der Waals surface area contributed by atoms with Crippen molar-refractivity contribution < 1.29 is 9.59 Å². The quantitative estimate of drug-likeness (QED) is 0.372. The summed E-state index contributed by atoms with van der Waals surface area (Å²) >= 11 is 0. The maximum Gasteiger partial charge on any atom is 0.261 e. The van der Waals surface area contributed by atoms with E-state index in [0.717, 1.165) is 38.4 Å². The van der Waals surface area contributed by atoms with Crippen LogP contribution in [0.4, 0.5) is 0 Å². The van der Waals surface area contributed by atoms with Crippen LogP contribution >= 0.6 is 0 Å². The van der Waals surface area contributed by atoms with Gasteiger partial charge in [0.15, 0.2) is 5.96 Å². The van der Waals surface area contributed by atoms with Gasteiger partial charge in [0, 0.05) is 32.7 Å². The summed E-state index contributed by atoms with van der Waals surface area (Å²) < 4.78 is 0. The van der Waals surface area contributed by atoms with Gasteiger partial charge in [0.25, 0.3) is 11.8 Å². The first-order valence-electron chi connectivity index (χ1n) is 9.21. The highest BCUT2D eigenvalue weighted by Gasteiger charge is 2.34. The fourth-order valence-corrected chi connectivity index (χ4v) is 3.36. The average molecular weight is 342 g/mol. The van der Waals surface area contributed by atoms with E-state index in [4.69, 9.17) is 0 Å². The molecule has 0 radical (unpaired) electrons. The molecule has 1 saturated heterocycles. The largest absolute Gasteiger partial charge is 0.357 e. The topological polar surface area (TPSA) is 65.0 Å². The number of carbonyl (C=O) groups excluding carboxylic acids is 2. The van der Waals surface area contributed by atoms with E-state index in [0.29, 0.717) is 24.2 Å².